The van der Waals surface area contributed by atoms with Crippen molar-refractivity contribution in [3.63, 3.8) is 0 Å². The molecular weight excluding hydrogens is 416 g/mol. The van der Waals surface area contributed by atoms with E-state index in [1.165, 1.54) is 20.9 Å². The number of carbonyl (C=O) groups excluding carboxylic acids is 1. The highest BCUT2D eigenvalue weighted by molar-refractivity contribution is 7.12. The average molecular weight is 441 g/mol. The second-order valence-corrected chi connectivity index (χ2v) is 9.06. The predicted molar refractivity (Wildman–Crippen MR) is 124 cm³/mol. The van der Waals surface area contributed by atoms with E-state index in [4.69, 9.17) is 16.3 Å². The average Bonchev–Trinajstić information content (AvgIpc) is 3.08. The van der Waals surface area contributed by atoms with E-state index in [0.717, 1.165) is 18.4 Å². The number of anilines is 1. The third-order valence-electron chi connectivity index (χ3n) is 5.65. The number of halogens is 1. The Kier molecular flexibility index (Phi) is 6.02. The number of benzene rings is 2. The SMILES string of the molecule is CCc1c(C)sc2c1CCN(C(=O)Nc1cc(Cl)ccc1OC)[C@@H]2c1ccccc1. The second-order valence-electron chi connectivity index (χ2n) is 7.36. The van der Waals surface area contributed by atoms with Gasteiger partial charge in [0.1, 0.15) is 5.75 Å². The first-order valence-electron chi connectivity index (χ1n) is 10.1. The minimum atomic E-state index is -0.154. The highest BCUT2D eigenvalue weighted by Gasteiger charge is 2.35. The molecule has 3 aromatic rings. The van der Waals surface area contributed by atoms with Crippen LogP contribution in [0.2, 0.25) is 5.02 Å². The monoisotopic (exact) mass is 440 g/mol. The third-order valence-corrected chi connectivity index (χ3v) is 7.12. The van der Waals surface area contributed by atoms with Crippen LogP contribution in [0, 0.1) is 6.92 Å². The van der Waals surface area contributed by atoms with Gasteiger partial charge in [-0.2, -0.15) is 0 Å². The number of hydrogen-bond donors (Lipinski definition) is 1. The van der Waals surface area contributed by atoms with Crippen molar-refractivity contribution in [3.05, 3.63) is 80.0 Å². The van der Waals surface area contributed by atoms with E-state index in [9.17, 15) is 4.79 Å². The van der Waals surface area contributed by atoms with Crippen molar-refractivity contribution in [2.24, 2.45) is 0 Å². The lowest BCUT2D eigenvalue weighted by atomic mass is 9.92. The summed E-state index contributed by atoms with van der Waals surface area (Å²) in [5, 5.41) is 3.57. The Hall–Kier alpha value is -2.50. The molecule has 0 fully saturated rings. The number of hydrogen-bond acceptors (Lipinski definition) is 3. The number of carbonyl (C=O) groups is 1. The molecule has 2 amide bonds. The van der Waals surface area contributed by atoms with Crippen molar-refractivity contribution in [1.82, 2.24) is 4.90 Å². The van der Waals surface area contributed by atoms with Gasteiger partial charge in [-0.3, -0.25) is 0 Å². The normalized spacial score (nSPS) is 15.6. The quantitative estimate of drug-likeness (QED) is 0.505. The van der Waals surface area contributed by atoms with Gasteiger partial charge >= 0.3 is 6.03 Å². The summed E-state index contributed by atoms with van der Waals surface area (Å²) in [7, 11) is 1.58. The Labute approximate surface area is 186 Å². The standard InChI is InChI=1S/C24H25ClN2O2S/c1-4-18-15(2)30-23-19(18)12-13-27(22(23)16-8-6-5-7-9-16)24(28)26-20-14-17(25)10-11-21(20)29-3/h5-11,14,22H,4,12-13H2,1-3H3,(H,26,28)/t22-/m1/s1. The fourth-order valence-electron chi connectivity index (χ4n) is 4.26. The molecule has 0 bridgehead atoms. The van der Waals surface area contributed by atoms with Crippen LogP contribution in [0.15, 0.2) is 48.5 Å². The molecule has 2 heterocycles. The zero-order valence-corrected chi connectivity index (χ0v) is 18.9. The fraction of sp³-hybridized carbons (Fsp3) is 0.292. The molecule has 30 heavy (non-hydrogen) atoms. The first-order valence-corrected chi connectivity index (χ1v) is 11.3. The number of ether oxygens (including phenoxy) is 1. The molecule has 0 aliphatic carbocycles. The van der Waals surface area contributed by atoms with E-state index in [-0.39, 0.29) is 12.1 Å². The Bertz CT molecular complexity index is 1060. The molecule has 2 aromatic carbocycles. The van der Waals surface area contributed by atoms with Crippen LogP contribution in [-0.2, 0) is 12.8 Å². The summed E-state index contributed by atoms with van der Waals surface area (Å²) in [6.45, 7) is 5.05. The van der Waals surface area contributed by atoms with E-state index < -0.39 is 0 Å². The van der Waals surface area contributed by atoms with Gasteiger partial charge in [-0.25, -0.2) is 4.79 Å². The van der Waals surface area contributed by atoms with Gasteiger partial charge in [0.15, 0.2) is 0 Å². The summed E-state index contributed by atoms with van der Waals surface area (Å²) in [6.07, 6.45) is 1.89. The lowest BCUT2D eigenvalue weighted by Crippen LogP contribution is -2.42. The van der Waals surface area contributed by atoms with E-state index in [0.29, 0.717) is 23.0 Å². The molecule has 1 atom stereocenters. The lowest BCUT2D eigenvalue weighted by Gasteiger charge is -2.36. The van der Waals surface area contributed by atoms with Crippen LogP contribution >= 0.6 is 22.9 Å². The van der Waals surface area contributed by atoms with Crippen molar-refractivity contribution >= 4 is 34.7 Å². The summed E-state index contributed by atoms with van der Waals surface area (Å²) < 4.78 is 5.40. The van der Waals surface area contributed by atoms with Gasteiger partial charge in [-0.15, -0.1) is 11.3 Å². The summed E-state index contributed by atoms with van der Waals surface area (Å²) in [6, 6.07) is 15.2. The number of aryl methyl sites for hydroxylation is 1. The number of nitrogens with one attached hydrogen (secondary N) is 1. The predicted octanol–water partition coefficient (Wildman–Crippen LogP) is 6.46. The molecule has 0 saturated heterocycles. The molecule has 4 nitrogen and oxygen atoms in total. The molecule has 0 spiro atoms. The van der Waals surface area contributed by atoms with Crippen LogP contribution in [-0.4, -0.2) is 24.6 Å². The zero-order valence-electron chi connectivity index (χ0n) is 17.4. The van der Waals surface area contributed by atoms with Crippen LogP contribution in [0.5, 0.6) is 5.75 Å². The van der Waals surface area contributed by atoms with Gasteiger partial charge in [0.05, 0.1) is 18.8 Å². The van der Waals surface area contributed by atoms with Crippen LogP contribution in [0.25, 0.3) is 0 Å². The van der Waals surface area contributed by atoms with Gasteiger partial charge in [0.2, 0.25) is 0 Å². The first kappa shape index (κ1) is 20.8. The van der Waals surface area contributed by atoms with Gasteiger partial charge in [0.25, 0.3) is 0 Å². The second kappa shape index (κ2) is 8.70. The minimum Gasteiger partial charge on any atom is -0.495 e. The number of rotatable bonds is 4. The largest absolute Gasteiger partial charge is 0.495 e. The summed E-state index contributed by atoms with van der Waals surface area (Å²) in [5.41, 5.74) is 4.55. The maximum atomic E-state index is 13.4. The summed E-state index contributed by atoms with van der Waals surface area (Å²) in [4.78, 5) is 18.0. The van der Waals surface area contributed by atoms with E-state index in [1.54, 1.807) is 25.3 Å². The topological polar surface area (TPSA) is 41.6 Å². The molecule has 0 radical (unpaired) electrons. The highest BCUT2D eigenvalue weighted by Crippen LogP contribution is 2.43. The molecule has 1 aliphatic rings. The third kappa shape index (κ3) is 3.80. The van der Waals surface area contributed by atoms with Crippen LogP contribution < -0.4 is 10.1 Å². The number of fused-ring (bicyclic) bond motifs is 1. The fourth-order valence-corrected chi connectivity index (χ4v) is 5.88. The molecule has 0 unspecified atom stereocenters. The smallest absolute Gasteiger partial charge is 0.322 e. The molecule has 1 aromatic heterocycles. The Morgan fingerprint density at radius 1 is 1.27 bits per heavy atom. The van der Waals surface area contributed by atoms with Crippen LogP contribution in [0.4, 0.5) is 10.5 Å². The number of urea groups is 1. The van der Waals surface area contributed by atoms with Gasteiger partial charge in [-0.1, -0.05) is 48.9 Å². The van der Waals surface area contributed by atoms with Gasteiger partial charge in [-0.05, 0) is 54.7 Å². The Morgan fingerprint density at radius 3 is 2.73 bits per heavy atom. The zero-order chi connectivity index (χ0) is 21.3. The molecule has 4 rings (SSSR count). The van der Waals surface area contributed by atoms with Crippen LogP contribution in [0.1, 0.15) is 39.4 Å². The summed E-state index contributed by atoms with van der Waals surface area (Å²) in [5.74, 6) is 0.585. The van der Waals surface area contributed by atoms with E-state index in [2.05, 4.69) is 31.3 Å². The maximum absolute atomic E-state index is 13.4. The Balaban J connectivity index is 1.73. The molecule has 156 valence electrons. The molecule has 0 saturated carbocycles. The van der Waals surface area contributed by atoms with Crippen molar-refractivity contribution in [3.8, 4) is 5.75 Å². The number of nitrogens with zero attached hydrogens (tertiary/aromatic N) is 1. The van der Waals surface area contributed by atoms with E-state index >= 15 is 0 Å². The van der Waals surface area contributed by atoms with Gasteiger partial charge in [0, 0.05) is 21.3 Å². The molecule has 1 N–H and O–H groups in total. The van der Waals surface area contributed by atoms with Crippen molar-refractivity contribution in [2.45, 2.75) is 32.7 Å². The van der Waals surface area contributed by atoms with Crippen molar-refractivity contribution in [1.29, 1.82) is 0 Å². The van der Waals surface area contributed by atoms with Crippen LogP contribution in [0.3, 0.4) is 0 Å². The summed E-state index contributed by atoms with van der Waals surface area (Å²) >= 11 is 7.97. The lowest BCUT2D eigenvalue weighted by molar-refractivity contribution is 0.195. The number of amides is 2. The number of thiophene rings is 1. The van der Waals surface area contributed by atoms with E-state index in [1.807, 2.05) is 34.4 Å². The van der Waals surface area contributed by atoms with Gasteiger partial charge < -0.3 is 15.0 Å². The Morgan fingerprint density at radius 2 is 2.03 bits per heavy atom. The molecule has 6 heteroatoms. The minimum absolute atomic E-state index is 0.107. The molecular formula is C24H25ClN2O2S. The van der Waals surface area contributed by atoms with Crippen molar-refractivity contribution in [2.75, 3.05) is 19.0 Å². The molecule has 1 aliphatic heterocycles. The number of methoxy groups -OCH3 is 1. The highest BCUT2D eigenvalue weighted by atomic mass is 35.5. The van der Waals surface area contributed by atoms with Crippen molar-refractivity contribution < 1.29 is 9.53 Å². The first-order chi connectivity index (χ1) is 14.5. The maximum Gasteiger partial charge on any atom is 0.322 e.